The summed E-state index contributed by atoms with van der Waals surface area (Å²) in [4.78, 5) is 41.4. The maximum Gasteiger partial charge on any atom is 0.488 e. The lowest BCUT2D eigenvalue weighted by atomic mass is 9.79. The van der Waals surface area contributed by atoms with Crippen LogP contribution in [-0.2, 0) is 22.4 Å². The predicted molar refractivity (Wildman–Crippen MR) is 240 cm³/mol. The molecule has 8 rings (SSSR count). The third-order valence-corrected chi connectivity index (χ3v) is 11.0. The van der Waals surface area contributed by atoms with Crippen LogP contribution in [0, 0.1) is 0 Å². The summed E-state index contributed by atoms with van der Waals surface area (Å²) in [6.07, 6.45) is 9.36. The van der Waals surface area contributed by atoms with Crippen LogP contribution in [0.2, 0.25) is 0 Å². The minimum absolute atomic E-state index is 0.104. The monoisotopic (exact) mass is 884 g/mol. The topological polar surface area (TPSA) is 156 Å². The number of benzene rings is 2. The fourth-order valence-electron chi connectivity index (χ4n) is 7.54. The zero-order valence-electron chi connectivity index (χ0n) is 35.1. The number of amides is 2. The van der Waals surface area contributed by atoms with E-state index in [1.165, 1.54) is 11.1 Å². The Labute approximate surface area is 362 Å². The van der Waals surface area contributed by atoms with E-state index in [0.29, 0.717) is 25.2 Å². The molecule has 320 valence electrons. The largest absolute Gasteiger partial charge is 0.493 e. The SMILES string of the molecule is CC(C)NC(=O)CN1CCN(c2cncc(-c3ccc4c(c3)CCO4)c2)CC1.CC(C)NC(=O)CN1CCN(c2cncc(Br)c2)CC1.OB(O)c1ccc2c(c1)CCO2. The van der Waals surface area contributed by atoms with Gasteiger partial charge in [0.05, 0.1) is 50.1 Å². The van der Waals surface area contributed by atoms with Crippen LogP contribution >= 0.6 is 15.9 Å². The van der Waals surface area contributed by atoms with Gasteiger partial charge in [0.15, 0.2) is 0 Å². The van der Waals surface area contributed by atoms with Crippen molar-refractivity contribution in [3.63, 3.8) is 0 Å². The molecular weight excluding hydrogens is 827 g/mol. The summed E-state index contributed by atoms with van der Waals surface area (Å²) in [5.74, 6) is 2.08. The first kappa shape index (κ1) is 44.8. The molecule has 0 unspecified atom stereocenters. The van der Waals surface area contributed by atoms with Gasteiger partial charge in [0.2, 0.25) is 11.8 Å². The standard InChI is InChI=1S/C22H28N4O2.C14H21BrN4O.C8H9BO3/c1-16(2)24-22(27)15-25-6-8-26(9-7-25)20-12-19(13-23-14-20)17-3-4-21-18(11-17)5-10-28-21;1-11(2)17-14(20)10-18-3-5-19(6-4-18)13-7-12(15)8-16-9-13;10-9(11)7-1-2-8-6(5-7)3-4-12-8/h3-4,11-14,16H,5-10,15H2,1-2H3,(H,24,27);7-9,11H,3-6,10H2,1-2H3,(H,17,20);1-2,5,10-11H,3-4H2. The molecule has 4 aliphatic rings. The molecule has 0 aliphatic carbocycles. The molecule has 4 aliphatic heterocycles. The molecule has 2 saturated heterocycles. The second kappa shape index (κ2) is 21.7. The zero-order valence-corrected chi connectivity index (χ0v) is 36.7. The number of nitrogens with zero attached hydrogens (tertiary/aromatic N) is 6. The molecule has 2 aromatic heterocycles. The molecule has 2 fully saturated rings. The Hall–Kier alpha value is -4.74. The van der Waals surface area contributed by atoms with Crippen molar-refractivity contribution in [1.29, 1.82) is 0 Å². The molecule has 2 amide bonds. The van der Waals surface area contributed by atoms with Gasteiger partial charge in [-0.25, -0.2) is 0 Å². The van der Waals surface area contributed by atoms with E-state index in [4.69, 9.17) is 19.5 Å². The summed E-state index contributed by atoms with van der Waals surface area (Å²) in [7, 11) is -1.38. The number of fused-ring (bicyclic) bond motifs is 2. The van der Waals surface area contributed by atoms with Gasteiger partial charge in [-0.15, -0.1) is 0 Å². The number of carbonyl (C=O) groups is 2. The van der Waals surface area contributed by atoms with E-state index in [1.54, 1.807) is 24.4 Å². The fraction of sp³-hybridized carbons (Fsp3) is 0.455. The van der Waals surface area contributed by atoms with Crippen LogP contribution in [0.15, 0.2) is 77.8 Å². The van der Waals surface area contributed by atoms with E-state index in [1.807, 2.05) is 46.3 Å². The van der Waals surface area contributed by atoms with Gasteiger partial charge in [0.1, 0.15) is 11.5 Å². The van der Waals surface area contributed by atoms with Crippen molar-refractivity contribution in [3.05, 3.63) is 88.9 Å². The number of anilines is 2. The maximum absolute atomic E-state index is 12.0. The van der Waals surface area contributed by atoms with Crippen LogP contribution in [0.3, 0.4) is 0 Å². The van der Waals surface area contributed by atoms with E-state index in [0.717, 1.165) is 110 Å². The summed E-state index contributed by atoms with van der Waals surface area (Å²) in [6.45, 7) is 17.6. The third-order valence-electron chi connectivity index (χ3n) is 10.6. The van der Waals surface area contributed by atoms with E-state index in [2.05, 4.69) is 86.5 Å². The summed E-state index contributed by atoms with van der Waals surface area (Å²) in [6, 6.07) is 16.3. The molecule has 0 spiro atoms. The number of rotatable bonds is 10. The number of nitrogens with one attached hydrogen (secondary N) is 2. The number of halogens is 1. The summed E-state index contributed by atoms with van der Waals surface area (Å²) in [5.41, 5.74) is 7.44. The summed E-state index contributed by atoms with van der Waals surface area (Å²) >= 11 is 3.44. The van der Waals surface area contributed by atoms with E-state index in [-0.39, 0.29) is 23.9 Å². The molecule has 4 aromatic rings. The maximum atomic E-state index is 12.0. The highest BCUT2D eigenvalue weighted by atomic mass is 79.9. The van der Waals surface area contributed by atoms with Gasteiger partial charge < -0.3 is 40.0 Å². The molecule has 14 nitrogen and oxygen atoms in total. The molecular formula is C44H58BBrN8O6. The molecule has 0 atom stereocenters. The molecule has 6 heterocycles. The Morgan fingerprint density at radius 3 is 1.68 bits per heavy atom. The van der Waals surface area contributed by atoms with Crippen molar-refractivity contribution in [2.24, 2.45) is 0 Å². The van der Waals surface area contributed by atoms with Gasteiger partial charge in [0.25, 0.3) is 0 Å². The van der Waals surface area contributed by atoms with Crippen molar-refractivity contribution in [2.75, 3.05) is 88.5 Å². The van der Waals surface area contributed by atoms with Crippen LogP contribution in [0.5, 0.6) is 11.5 Å². The number of aromatic nitrogens is 2. The first-order chi connectivity index (χ1) is 28.9. The molecule has 4 N–H and O–H groups in total. The van der Waals surface area contributed by atoms with E-state index in [9.17, 15) is 9.59 Å². The van der Waals surface area contributed by atoms with Gasteiger partial charge >= 0.3 is 7.12 Å². The van der Waals surface area contributed by atoms with Crippen LogP contribution in [0.1, 0.15) is 38.8 Å². The van der Waals surface area contributed by atoms with Gasteiger partial charge in [-0.1, -0.05) is 18.2 Å². The molecule has 0 radical (unpaired) electrons. The van der Waals surface area contributed by atoms with Crippen LogP contribution < -0.4 is 35.4 Å². The number of piperazine rings is 2. The van der Waals surface area contributed by atoms with Crippen LogP contribution in [0.25, 0.3) is 11.1 Å². The zero-order chi connectivity index (χ0) is 42.6. The summed E-state index contributed by atoms with van der Waals surface area (Å²) in [5, 5.41) is 23.6. The van der Waals surface area contributed by atoms with Crippen LogP contribution in [-0.4, -0.2) is 139 Å². The number of pyridine rings is 2. The highest BCUT2D eigenvalue weighted by Crippen LogP contribution is 2.32. The highest BCUT2D eigenvalue weighted by Gasteiger charge is 2.22. The molecule has 0 bridgehead atoms. The van der Waals surface area contributed by atoms with Crippen molar-refractivity contribution in [1.82, 2.24) is 30.4 Å². The Bertz CT molecular complexity index is 2040. The molecule has 16 heteroatoms. The molecule has 2 aromatic carbocycles. The smallest absolute Gasteiger partial charge is 0.488 e. The first-order valence-electron chi connectivity index (χ1n) is 20.9. The Morgan fingerprint density at radius 1 is 0.667 bits per heavy atom. The minimum Gasteiger partial charge on any atom is -0.493 e. The van der Waals surface area contributed by atoms with Gasteiger partial charge in [-0.2, -0.15) is 0 Å². The average molecular weight is 886 g/mol. The van der Waals surface area contributed by atoms with Crippen molar-refractivity contribution in [3.8, 4) is 22.6 Å². The molecule has 60 heavy (non-hydrogen) atoms. The Balaban J connectivity index is 0.000000164. The Morgan fingerprint density at radius 2 is 1.17 bits per heavy atom. The minimum atomic E-state index is -1.38. The number of hydrogen-bond donors (Lipinski definition) is 4. The highest BCUT2D eigenvalue weighted by molar-refractivity contribution is 9.10. The van der Waals surface area contributed by atoms with Crippen molar-refractivity contribution in [2.45, 2.75) is 52.6 Å². The third kappa shape index (κ3) is 13.1. The predicted octanol–water partition coefficient (Wildman–Crippen LogP) is 3.12. The van der Waals surface area contributed by atoms with E-state index < -0.39 is 7.12 Å². The fourth-order valence-corrected chi connectivity index (χ4v) is 7.89. The lowest BCUT2D eigenvalue weighted by Gasteiger charge is -2.35. The lowest BCUT2D eigenvalue weighted by molar-refractivity contribution is -0.123. The lowest BCUT2D eigenvalue weighted by Crippen LogP contribution is -2.50. The molecule has 0 saturated carbocycles. The number of hydrogen-bond acceptors (Lipinski definition) is 12. The van der Waals surface area contributed by atoms with Gasteiger partial charge in [-0.05, 0) is 96.1 Å². The normalized spacial score (nSPS) is 16.1. The first-order valence-corrected chi connectivity index (χ1v) is 21.7. The van der Waals surface area contributed by atoms with Gasteiger partial charge in [0, 0.05) is 99.7 Å². The van der Waals surface area contributed by atoms with Crippen molar-refractivity contribution < 1.29 is 29.1 Å². The quantitative estimate of drug-likeness (QED) is 0.173. The number of carbonyl (C=O) groups excluding carboxylic acids is 2. The van der Waals surface area contributed by atoms with Gasteiger partial charge in [-0.3, -0.25) is 29.4 Å². The van der Waals surface area contributed by atoms with Crippen LogP contribution in [0.4, 0.5) is 11.4 Å². The number of ether oxygens (including phenoxy) is 2. The summed E-state index contributed by atoms with van der Waals surface area (Å²) < 4.78 is 11.9. The second-order valence-corrected chi connectivity index (χ2v) is 16.9. The van der Waals surface area contributed by atoms with E-state index >= 15 is 0 Å². The average Bonchev–Trinajstić information content (AvgIpc) is 3.91. The second-order valence-electron chi connectivity index (χ2n) is 16.0. The Kier molecular flexibility index (Phi) is 16.2. The van der Waals surface area contributed by atoms with Crippen molar-refractivity contribution >= 4 is 51.7 Å².